The van der Waals surface area contributed by atoms with Gasteiger partial charge in [-0.25, -0.2) is 4.98 Å². The fourth-order valence-corrected chi connectivity index (χ4v) is 8.42. The number of thiazole rings is 1. The number of hydrogen-bond donors (Lipinski definition) is 2. The number of nitrogens with two attached hydrogens (primary N) is 1. The molecule has 9 nitrogen and oxygen atoms in total. The van der Waals surface area contributed by atoms with Gasteiger partial charge in [0.15, 0.2) is 0 Å². The Morgan fingerprint density at radius 2 is 1.91 bits per heavy atom. The monoisotopic (exact) mass is 761 g/mol. The van der Waals surface area contributed by atoms with Crippen molar-refractivity contribution in [2.45, 2.75) is 111 Å². The summed E-state index contributed by atoms with van der Waals surface area (Å²) in [6, 6.07) is 10.7. The number of nitrogens with zero attached hydrogens (tertiary/aromatic N) is 3. The molecule has 4 atom stereocenters. The van der Waals surface area contributed by atoms with Crippen LogP contribution in [0.3, 0.4) is 0 Å². The quantitative estimate of drug-likeness (QED) is 0.0596. The maximum Gasteiger partial charge on any atom is 0.293 e. The molecule has 0 saturated carbocycles. The standard InChI is InChI=1S/C42H59N5O4S2/c1-11-47-37-17-16-31(20-34(37)35(21-41(7,8)25-51-26-49)40(47)33-15-13-19-44-39(33)30(6)50-10)36-24-52-38(45-36)22-42(9,18-12-14-32(23-48)53-43)46-29(5)28(4)27(2)3/h13,15-17,19-20,23-24,26-28,30,32,46H,5,11-12,14,18,21-22,25,43H2,1-4,6-10H3. The van der Waals surface area contributed by atoms with Crippen molar-refractivity contribution >= 4 is 46.9 Å². The number of hydrogen-bond acceptors (Lipinski definition) is 10. The van der Waals surface area contributed by atoms with E-state index in [9.17, 15) is 9.59 Å². The normalized spacial score (nSPS) is 14.8. The number of carbonyl (C=O) groups is 2. The van der Waals surface area contributed by atoms with E-state index >= 15 is 0 Å². The summed E-state index contributed by atoms with van der Waals surface area (Å²) < 4.78 is 13.4. The van der Waals surface area contributed by atoms with Gasteiger partial charge in [0, 0.05) is 70.3 Å². The van der Waals surface area contributed by atoms with Gasteiger partial charge in [-0.2, -0.15) is 0 Å². The van der Waals surface area contributed by atoms with E-state index in [-0.39, 0.29) is 22.3 Å². The summed E-state index contributed by atoms with van der Waals surface area (Å²) in [4.78, 5) is 32.7. The van der Waals surface area contributed by atoms with Crippen LogP contribution in [0.2, 0.25) is 0 Å². The number of methoxy groups -OCH3 is 1. The number of fused-ring (bicyclic) bond motifs is 1. The van der Waals surface area contributed by atoms with Crippen LogP contribution in [0.25, 0.3) is 33.4 Å². The number of carbonyl (C=O) groups excluding carboxylic acids is 2. The van der Waals surface area contributed by atoms with E-state index in [4.69, 9.17) is 24.6 Å². The number of benzene rings is 1. The Hall–Kier alpha value is -3.51. The Bertz CT molecular complexity index is 1850. The van der Waals surface area contributed by atoms with Gasteiger partial charge in [0.1, 0.15) is 6.29 Å². The average Bonchev–Trinajstić information content (AvgIpc) is 3.72. The van der Waals surface area contributed by atoms with Gasteiger partial charge >= 0.3 is 0 Å². The highest BCUT2D eigenvalue weighted by atomic mass is 32.2. The van der Waals surface area contributed by atoms with Gasteiger partial charge in [-0.05, 0) is 88.1 Å². The summed E-state index contributed by atoms with van der Waals surface area (Å²) in [5.74, 6) is 0.762. The number of pyridine rings is 1. The first kappa shape index (κ1) is 42.2. The molecule has 0 spiro atoms. The fourth-order valence-electron chi connectivity index (χ4n) is 7.06. The molecule has 4 unspecified atom stereocenters. The van der Waals surface area contributed by atoms with Gasteiger partial charge in [-0.3, -0.25) is 14.9 Å². The number of aromatic nitrogens is 3. The van der Waals surface area contributed by atoms with Gasteiger partial charge in [-0.1, -0.05) is 59.2 Å². The maximum atomic E-state index is 11.5. The van der Waals surface area contributed by atoms with Gasteiger partial charge in [0.2, 0.25) is 0 Å². The molecule has 4 rings (SSSR count). The smallest absolute Gasteiger partial charge is 0.293 e. The number of aldehydes is 1. The Balaban J connectivity index is 1.79. The predicted molar refractivity (Wildman–Crippen MR) is 221 cm³/mol. The zero-order chi connectivity index (χ0) is 38.9. The van der Waals surface area contributed by atoms with Crippen molar-refractivity contribution in [3.63, 3.8) is 0 Å². The van der Waals surface area contributed by atoms with Crippen LogP contribution in [0.5, 0.6) is 0 Å². The van der Waals surface area contributed by atoms with E-state index in [1.807, 2.05) is 19.2 Å². The number of rotatable bonds is 22. The van der Waals surface area contributed by atoms with Crippen LogP contribution in [0, 0.1) is 17.3 Å². The Labute approximate surface area is 324 Å². The first-order valence-electron chi connectivity index (χ1n) is 18.6. The zero-order valence-electron chi connectivity index (χ0n) is 33.0. The van der Waals surface area contributed by atoms with E-state index in [1.165, 1.54) is 5.56 Å². The van der Waals surface area contributed by atoms with E-state index in [0.29, 0.717) is 31.3 Å². The molecule has 0 amide bonds. The lowest BCUT2D eigenvalue weighted by atomic mass is 9.84. The molecule has 11 heteroatoms. The number of ether oxygens (including phenoxy) is 2. The van der Waals surface area contributed by atoms with E-state index < -0.39 is 0 Å². The second-order valence-corrected chi connectivity index (χ2v) is 17.4. The largest absolute Gasteiger partial charge is 0.467 e. The van der Waals surface area contributed by atoms with Crippen LogP contribution in [0.1, 0.15) is 97.0 Å². The van der Waals surface area contributed by atoms with Crippen LogP contribution in [-0.4, -0.2) is 51.8 Å². The number of aryl methyl sites for hydroxylation is 1. The number of allylic oxidation sites excluding steroid dienone is 1. The molecule has 3 aromatic heterocycles. The maximum absolute atomic E-state index is 11.5. The summed E-state index contributed by atoms with van der Waals surface area (Å²) in [6.07, 6.45) is 6.38. The summed E-state index contributed by atoms with van der Waals surface area (Å²) in [7, 11) is 1.71. The van der Waals surface area contributed by atoms with Crippen molar-refractivity contribution in [2.24, 2.45) is 22.4 Å². The second kappa shape index (κ2) is 18.7. The zero-order valence-corrected chi connectivity index (χ0v) is 34.7. The van der Waals surface area contributed by atoms with Crippen molar-refractivity contribution in [3.05, 3.63) is 70.4 Å². The molecule has 0 aliphatic heterocycles. The molecular weight excluding hydrogens is 703 g/mol. The lowest BCUT2D eigenvalue weighted by molar-refractivity contribution is -0.131. The molecule has 0 fully saturated rings. The van der Waals surface area contributed by atoms with Gasteiger partial charge in [0.25, 0.3) is 6.47 Å². The van der Waals surface area contributed by atoms with Crippen molar-refractivity contribution in [3.8, 4) is 22.5 Å². The van der Waals surface area contributed by atoms with Crippen molar-refractivity contribution < 1.29 is 19.1 Å². The van der Waals surface area contributed by atoms with Crippen molar-refractivity contribution in [1.82, 2.24) is 19.9 Å². The molecular formula is C42H59N5O4S2. The summed E-state index contributed by atoms with van der Waals surface area (Å²) in [6.45, 7) is 23.3. The van der Waals surface area contributed by atoms with Crippen LogP contribution < -0.4 is 10.5 Å². The highest BCUT2D eigenvalue weighted by Crippen LogP contribution is 2.42. The summed E-state index contributed by atoms with van der Waals surface area (Å²) in [5.41, 5.74) is 7.68. The molecule has 0 aliphatic carbocycles. The van der Waals surface area contributed by atoms with Gasteiger partial charge in [0.05, 0.1) is 40.1 Å². The molecule has 3 heterocycles. The van der Waals surface area contributed by atoms with Crippen LogP contribution in [-0.2, 0) is 38.4 Å². The van der Waals surface area contributed by atoms with Crippen LogP contribution >= 0.6 is 23.3 Å². The molecule has 288 valence electrons. The minimum Gasteiger partial charge on any atom is -0.467 e. The average molecular weight is 762 g/mol. The first-order valence-corrected chi connectivity index (χ1v) is 20.4. The minimum atomic E-state index is -0.329. The molecule has 0 radical (unpaired) electrons. The van der Waals surface area contributed by atoms with E-state index in [2.05, 4.69) is 94.6 Å². The SMILES string of the molecule is C=C(NC(C)(CCCC(C=O)SN)Cc1nc(-c2ccc3c(c2)c(CC(C)(C)COC=O)c(-c2cccnc2C(C)OC)n3CC)cs1)C(C)C(C)C. The van der Waals surface area contributed by atoms with Crippen LogP contribution in [0.15, 0.2) is 54.2 Å². The highest BCUT2D eigenvalue weighted by Gasteiger charge is 2.30. The highest BCUT2D eigenvalue weighted by molar-refractivity contribution is 7.98. The number of nitrogens with one attached hydrogen (secondary N) is 1. The molecule has 0 bridgehead atoms. The van der Waals surface area contributed by atoms with Crippen molar-refractivity contribution in [1.29, 1.82) is 0 Å². The third kappa shape index (κ3) is 10.4. The Morgan fingerprint density at radius 1 is 1.15 bits per heavy atom. The fraction of sp³-hybridized carbons (Fsp3) is 0.524. The second-order valence-electron chi connectivity index (χ2n) is 15.6. The van der Waals surface area contributed by atoms with Gasteiger partial charge < -0.3 is 24.2 Å². The molecule has 3 N–H and O–H groups in total. The van der Waals surface area contributed by atoms with Gasteiger partial charge in [-0.15, -0.1) is 11.3 Å². The lowest BCUT2D eigenvalue weighted by Gasteiger charge is -2.35. The summed E-state index contributed by atoms with van der Waals surface area (Å²) in [5, 5.41) is 13.7. The van der Waals surface area contributed by atoms with Crippen LogP contribution in [0.4, 0.5) is 0 Å². The Kier molecular flexibility index (Phi) is 14.9. The third-order valence-electron chi connectivity index (χ3n) is 10.5. The molecule has 53 heavy (non-hydrogen) atoms. The van der Waals surface area contributed by atoms with E-state index in [0.717, 1.165) is 100 Å². The molecule has 0 saturated heterocycles. The minimum absolute atomic E-state index is 0.199. The molecule has 4 aromatic rings. The third-order valence-corrected chi connectivity index (χ3v) is 12.0. The van der Waals surface area contributed by atoms with Crippen molar-refractivity contribution in [2.75, 3.05) is 13.7 Å². The molecule has 0 aliphatic rings. The Morgan fingerprint density at radius 3 is 2.55 bits per heavy atom. The first-order chi connectivity index (χ1) is 25.2. The predicted octanol–water partition coefficient (Wildman–Crippen LogP) is 9.34. The molecule has 1 aromatic carbocycles. The van der Waals surface area contributed by atoms with E-state index in [1.54, 1.807) is 18.4 Å². The topological polar surface area (TPSA) is 121 Å². The summed E-state index contributed by atoms with van der Waals surface area (Å²) >= 11 is 2.78. The lowest BCUT2D eigenvalue weighted by Crippen LogP contribution is -2.45.